The second-order valence-electron chi connectivity index (χ2n) is 12.8. The van der Waals surface area contributed by atoms with Gasteiger partial charge in [-0.25, -0.2) is 0 Å². The van der Waals surface area contributed by atoms with Crippen molar-refractivity contribution in [1.29, 1.82) is 0 Å². The van der Waals surface area contributed by atoms with Gasteiger partial charge >= 0.3 is 241 Å². The monoisotopic (exact) mass is 699 g/mol. The van der Waals surface area contributed by atoms with E-state index in [2.05, 4.69) is 147 Å². The Kier molecular flexibility index (Phi) is 5.21. The normalized spacial score (nSPS) is 20.4. The molecule has 0 atom stereocenters. The predicted molar refractivity (Wildman–Crippen MR) is 157 cm³/mol. The fourth-order valence-corrected chi connectivity index (χ4v) is 10.5. The summed E-state index contributed by atoms with van der Waals surface area (Å²) in [6.45, 7) is 17.1. The summed E-state index contributed by atoms with van der Waals surface area (Å²) in [7, 11) is 0. The molecule has 0 saturated carbocycles. The van der Waals surface area contributed by atoms with Crippen molar-refractivity contribution >= 4 is 19.7 Å². The van der Waals surface area contributed by atoms with Crippen LogP contribution in [-0.2, 0) is 35.1 Å². The van der Waals surface area contributed by atoms with Gasteiger partial charge in [0.1, 0.15) is 0 Å². The molecule has 4 aliphatic rings. The summed E-state index contributed by atoms with van der Waals surface area (Å²) in [4.78, 5) is 10.2. The molecule has 4 heterocycles. The molecule has 6 bridgehead atoms. The van der Waals surface area contributed by atoms with Crippen molar-refractivity contribution in [2.45, 2.75) is 71.6 Å². The Morgan fingerprint density at radius 2 is 1.51 bits per heavy atom. The van der Waals surface area contributed by atoms with Gasteiger partial charge in [0.25, 0.3) is 0 Å². The first-order valence-electron chi connectivity index (χ1n) is 13.6. The van der Waals surface area contributed by atoms with E-state index < -0.39 is 17.6 Å². The van der Waals surface area contributed by atoms with Crippen LogP contribution in [-0.4, -0.2) is 23.8 Å². The van der Waals surface area contributed by atoms with Crippen LogP contribution < -0.4 is 14.5 Å². The van der Waals surface area contributed by atoms with Crippen LogP contribution in [0, 0.1) is 0 Å². The minimum absolute atomic E-state index is 0.00815. The quantitative estimate of drug-likeness (QED) is 0.253. The SMILES string of the molecule is CC(C)(C)c1cc2cc(c1)C(C)(C)N1[C]3=[Pt]=[C]4N(C=CN4C(C)(C)N3c3ccccc31)Cc1cccc(c1)O2. The first-order valence-corrected chi connectivity index (χ1v) is 15.9. The predicted octanol–water partition coefficient (Wildman–Crippen LogP) is 6.95. The van der Waals surface area contributed by atoms with Gasteiger partial charge < -0.3 is 0 Å². The summed E-state index contributed by atoms with van der Waals surface area (Å²) in [5, 5.41) is 0. The zero-order valence-corrected chi connectivity index (χ0v) is 26.0. The number of hydrogen-bond donors (Lipinski definition) is 0. The first kappa shape index (κ1) is 24.8. The molecule has 0 N–H and O–H groups in total. The van der Waals surface area contributed by atoms with Crippen molar-refractivity contribution in [3.05, 3.63) is 95.8 Å². The molecule has 6 heteroatoms. The van der Waals surface area contributed by atoms with E-state index >= 15 is 0 Å². The average molecular weight is 700 g/mol. The summed E-state index contributed by atoms with van der Waals surface area (Å²) in [6, 6.07) is 24.4. The Bertz CT molecular complexity index is 1620. The van der Waals surface area contributed by atoms with Gasteiger partial charge in [0.05, 0.1) is 0 Å². The molecule has 5 nitrogen and oxygen atoms in total. The standard InChI is InChI=1S/C33H36N4O.Pt/c1-31(2,3)25-18-26-20-28(19-25)38-27-12-10-11-24(17-27)21-34-15-16-35(22-34)33(6,7)37-23-36(32(26,4)5)29-13-8-9-14-30(29)37;/h8-20H,21H2,1-7H3;. The number of para-hydroxylation sites is 2. The molecule has 0 aliphatic carbocycles. The Hall–Kier alpha value is -3.17. The summed E-state index contributed by atoms with van der Waals surface area (Å²) < 4.78 is 9.46. The molecular formula is C33H36N4OPt. The zero-order valence-electron chi connectivity index (χ0n) is 23.7. The number of nitrogens with zero attached hydrogens (tertiary/aromatic N) is 4. The van der Waals surface area contributed by atoms with Gasteiger partial charge in [0.15, 0.2) is 0 Å². The Balaban J connectivity index is 1.55. The van der Waals surface area contributed by atoms with E-state index in [0.29, 0.717) is 0 Å². The van der Waals surface area contributed by atoms with Crippen LogP contribution in [0.15, 0.2) is 79.1 Å². The van der Waals surface area contributed by atoms with Crippen molar-refractivity contribution in [2.24, 2.45) is 0 Å². The van der Waals surface area contributed by atoms with Gasteiger partial charge in [-0.15, -0.1) is 0 Å². The average Bonchev–Trinajstić information content (AvgIpc) is 3.43. The number of benzene rings is 3. The molecule has 0 fully saturated rings. The third-order valence-corrected chi connectivity index (χ3v) is 11.5. The van der Waals surface area contributed by atoms with E-state index in [1.807, 2.05) is 0 Å². The molecule has 4 aliphatic heterocycles. The summed E-state index contributed by atoms with van der Waals surface area (Å²) in [5.74, 6) is 1.78. The second kappa shape index (κ2) is 8.17. The maximum atomic E-state index is 6.61. The van der Waals surface area contributed by atoms with Crippen molar-refractivity contribution < 1.29 is 22.4 Å². The van der Waals surface area contributed by atoms with Crippen molar-refractivity contribution in [3.8, 4) is 11.5 Å². The number of anilines is 2. The Labute approximate surface area is 239 Å². The van der Waals surface area contributed by atoms with E-state index in [1.165, 1.54) is 36.4 Å². The maximum absolute atomic E-state index is 6.61. The molecule has 0 radical (unpaired) electrons. The van der Waals surface area contributed by atoms with E-state index in [0.717, 1.165) is 18.0 Å². The molecule has 0 saturated heterocycles. The Morgan fingerprint density at radius 3 is 2.26 bits per heavy atom. The Morgan fingerprint density at radius 1 is 0.769 bits per heavy atom. The van der Waals surface area contributed by atoms with Crippen LogP contribution in [0.5, 0.6) is 11.5 Å². The third kappa shape index (κ3) is 3.69. The number of ether oxygens (including phenoxy) is 1. The molecule has 3 aromatic carbocycles. The fourth-order valence-electron chi connectivity index (χ4n) is 5.99. The van der Waals surface area contributed by atoms with Crippen molar-refractivity contribution in [3.63, 3.8) is 0 Å². The van der Waals surface area contributed by atoms with Crippen LogP contribution in [0.3, 0.4) is 0 Å². The molecular weight excluding hydrogens is 663 g/mol. The van der Waals surface area contributed by atoms with Crippen LogP contribution >= 0.6 is 0 Å². The molecule has 0 unspecified atom stereocenters. The topological polar surface area (TPSA) is 22.2 Å². The fraction of sp³-hybridized carbons (Fsp3) is 0.333. The summed E-state index contributed by atoms with van der Waals surface area (Å²) in [5.41, 5.74) is 5.81. The molecule has 0 amide bonds. The third-order valence-electron chi connectivity index (χ3n) is 8.31. The summed E-state index contributed by atoms with van der Waals surface area (Å²) in [6.07, 6.45) is 4.54. The molecule has 39 heavy (non-hydrogen) atoms. The molecule has 0 aromatic heterocycles. The van der Waals surface area contributed by atoms with E-state index in [1.54, 1.807) is 0 Å². The van der Waals surface area contributed by atoms with E-state index in [4.69, 9.17) is 4.74 Å². The number of hydrogen-bond acceptors (Lipinski definition) is 5. The zero-order chi connectivity index (χ0) is 27.3. The second-order valence-corrected chi connectivity index (χ2v) is 15.4. The van der Waals surface area contributed by atoms with Gasteiger partial charge in [0.2, 0.25) is 0 Å². The van der Waals surface area contributed by atoms with Gasteiger partial charge in [-0.2, -0.15) is 0 Å². The molecule has 204 valence electrons. The number of rotatable bonds is 0. The minimum atomic E-state index is -0.512. The molecule has 0 spiro atoms. The summed E-state index contributed by atoms with van der Waals surface area (Å²) >= 11 is -0.512. The van der Waals surface area contributed by atoms with E-state index in [9.17, 15) is 0 Å². The van der Waals surface area contributed by atoms with Crippen LogP contribution in [0.4, 0.5) is 11.4 Å². The first-order chi connectivity index (χ1) is 18.4. The van der Waals surface area contributed by atoms with Crippen LogP contribution in [0.1, 0.15) is 65.2 Å². The van der Waals surface area contributed by atoms with Crippen LogP contribution in [0.2, 0.25) is 0 Å². The van der Waals surface area contributed by atoms with Crippen molar-refractivity contribution in [2.75, 3.05) is 9.80 Å². The van der Waals surface area contributed by atoms with Crippen LogP contribution in [0.25, 0.3) is 0 Å². The van der Waals surface area contributed by atoms with Gasteiger partial charge in [0, 0.05) is 0 Å². The number of fused-ring (bicyclic) bond motifs is 7. The van der Waals surface area contributed by atoms with Gasteiger partial charge in [-0.3, -0.25) is 0 Å². The van der Waals surface area contributed by atoms with E-state index in [-0.39, 0.29) is 16.6 Å². The molecule has 7 rings (SSSR count). The van der Waals surface area contributed by atoms with Gasteiger partial charge in [-0.1, -0.05) is 0 Å². The van der Waals surface area contributed by atoms with Gasteiger partial charge in [-0.05, 0) is 0 Å². The molecule has 3 aromatic rings. The van der Waals surface area contributed by atoms with Crippen molar-refractivity contribution in [1.82, 2.24) is 9.80 Å².